The predicted octanol–water partition coefficient (Wildman–Crippen LogP) is 1.16. The summed E-state index contributed by atoms with van der Waals surface area (Å²) in [7, 11) is 0. The zero-order valence-corrected chi connectivity index (χ0v) is 7.11. The van der Waals surface area contributed by atoms with Gasteiger partial charge in [-0.15, -0.1) is 0 Å². The van der Waals surface area contributed by atoms with E-state index < -0.39 is 0 Å². The molecule has 0 aromatic carbocycles. The van der Waals surface area contributed by atoms with E-state index in [-0.39, 0.29) is 0 Å². The molecule has 2 rings (SSSR count). The van der Waals surface area contributed by atoms with Crippen molar-refractivity contribution in [3.05, 3.63) is 0 Å². The summed E-state index contributed by atoms with van der Waals surface area (Å²) in [5.41, 5.74) is 0.338. The Bertz CT molecular complexity index is 106. The molecule has 0 radical (unpaired) electrons. The first-order valence-corrected chi connectivity index (χ1v) is 4.15. The topological polar surface area (TPSA) is 21.3 Å². The first kappa shape index (κ1) is 8.02. The quantitative estimate of drug-likeness (QED) is 0.549. The van der Waals surface area contributed by atoms with Gasteiger partial charge in [-0.05, 0) is 13.3 Å². The van der Waals surface area contributed by atoms with E-state index in [4.69, 9.17) is 4.74 Å². The second-order valence-corrected chi connectivity index (χ2v) is 3.08. The van der Waals surface area contributed by atoms with Crippen molar-refractivity contribution in [2.45, 2.75) is 38.8 Å². The summed E-state index contributed by atoms with van der Waals surface area (Å²) in [6.07, 6.45) is 1.74. The molecule has 2 heterocycles. The minimum Gasteiger partial charge on any atom is -0.375 e. The van der Waals surface area contributed by atoms with Crippen molar-refractivity contribution in [2.75, 3.05) is 13.2 Å². The largest absolute Gasteiger partial charge is 0.375 e. The minimum atomic E-state index is 0.338. The molecule has 2 bridgehead atoms. The van der Waals surface area contributed by atoms with E-state index in [0.717, 1.165) is 13.2 Å². The van der Waals surface area contributed by atoms with Crippen molar-refractivity contribution in [3.63, 3.8) is 0 Å². The Morgan fingerprint density at radius 1 is 1.50 bits per heavy atom. The Kier molecular flexibility index (Phi) is 2.32. The predicted molar refractivity (Wildman–Crippen MR) is 42.1 cm³/mol. The van der Waals surface area contributed by atoms with E-state index in [1.165, 1.54) is 6.42 Å². The molecule has 0 aliphatic carbocycles. The van der Waals surface area contributed by atoms with Crippen LogP contribution in [-0.4, -0.2) is 24.8 Å². The van der Waals surface area contributed by atoms with Gasteiger partial charge in [0.25, 0.3) is 0 Å². The smallest absolute Gasteiger partial charge is 0.0718 e. The van der Waals surface area contributed by atoms with E-state index in [1.54, 1.807) is 0 Å². The van der Waals surface area contributed by atoms with Crippen LogP contribution in [0.15, 0.2) is 0 Å². The highest BCUT2D eigenvalue weighted by Crippen LogP contribution is 2.28. The van der Waals surface area contributed by atoms with E-state index >= 15 is 0 Å². The van der Waals surface area contributed by atoms with Crippen LogP contribution >= 0.6 is 0 Å². The molecule has 10 heavy (non-hydrogen) atoms. The number of ether oxygens (including phenoxy) is 1. The zero-order valence-electron chi connectivity index (χ0n) is 7.11. The summed E-state index contributed by atoms with van der Waals surface area (Å²) >= 11 is 0. The Labute approximate surface area is 63.0 Å². The second-order valence-electron chi connectivity index (χ2n) is 3.08. The van der Waals surface area contributed by atoms with Crippen LogP contribution in [0.3, 0.4) is 0 Å². The van der Waals surface area contributed by atoms with Crippen LogP contribution in [0.1, 0.15) is 27.2 Å². The third-order valence-electron chi connectivity index (χ3n) is 2.07. The molecule has 2 heteroatoms. The lowest BCUT2D eigenvalue weighted by Gasteiger charge is -2.20. The van der Waals surface area contributed by atoms with Crippen molar-refractivity contribution in [2.24, 2.45) is 0 Å². The monoisotopic (exact) mass is 143 g/mol. The molecule has 2 fully saturated rings. The zero-order chi connectivity index (χ0) is 7.61. The summed E-state index contributed by atoms with van der Waals surface area (Å²) in [6, 6.07) is 0. The molecule has 0 spiro atoms. The summed E-state index contributed by atoms with van der Waals surface area (Å²) in [6.45, 7) is 8.20. The first-order chi connectivity index (χ1) is 4.79. The summed E-state index contributed by atoms with van der Waals surface area (Å²) in [5, 5.41) is 3.41. The Balaban J connectivity index is 0.000000231. The van der Waals surface area contributed by atoms with Crippen LogP contribution in [0.5, 0.6) is 0 Å². The average Bonchev–Trinajstić information content (AvgIpc) is 2.49. The molecular formula is C8H17NO. The van der Waals surface area contributed by atoms with Crippen LogP contribution in [0.25, 0.3) is 0 Å². The van der Waals surface area contributed by atoms with E-state index in [1.807, 2.05) is 13.8 Å². The SMILES string of the molecule is CC.C[C@]12COC(CN1)C2. The van der Waals surface area contributed by atoms with Gasteiger partial charge in [0.2, 0.25) is 0 Å². The molecule has 60 valence electrons. The van der Waals surface area contributed by atoms with Gasteiger partial charge in [-0.25, -0.2) is 0 Å². The highest BCUT2D eigenvalue weighted by Gasteiger charge is 2.41. The third kappa shape index (κ3) is 1.32. The molecule has 2 nitrogen and oxygen atoms in total. The first-order valence-electron chi connectivity index (χ1n) is 4.15. The molecule has 0 amide bonds. The van der Waals surface area contributed by atoms with Gasteiger partial charge in [-0.2, -0.15) is 0 Å². The molecule has 2 saturated heterocycles. The molecule has 2 aliphatic heterocycles. The van der Waals surface area contributed by atoms with Gasteiger partial charge < -0.3 is 10.1 Å². The molecule has 1 N–H and O–H groups in total. The maximum Gasteiger partial charge on any atom is 0.0718 e. The fraction of sp³-hybridized carbons (Fsp3) is 1.00. The lowest BCUT2D eigenvalue weighted by Crippen LogP contribution is -2.41. The van der Waals surface area contributed by atoms with E-state index in [2.05, 4.69) is 12.2 Å². The van der Waals surface area contributed by atoms with Gasteiger partial charge in [-0.3, -0.25) is 0 Å². The highest BCUT2D eigenvalue weighted by atomic mass is 16.5. The molecule has 0 aromatic rings. The van der Waals surface area contributed by atoms with E-state index in [0.29, 0.717) is 11.6 Å². The maximum absolute atomic E-state index is 5.39. The molecule has 2 aliphatic rings. The van der Waals surface area contributed by atoms with Crippen molar-refractivity contribution in [1.82, 2.24) is 5.32 Å². The molecule has 0 aromatic heterocycles. The highest BCUT2D eigenvalue weighted by molar-refractivity contribution is 4.99. The van der Waals surface area contributed by atoms with E-state index in [9.17, 15) is 0 Å². The minimum absolute atomic E-state index is 0.338. The van der Waals surface area contributed by atoms with Gasteiger partial charge in [0.15, 0.2) is 0 Å². The fourth-order valence-electron chi connectivity index (χ4n) is 1.54. The lowest BCUT2D eigenvalue weighted by molar-refractivity contribution is 0.0738. The van der Waals surface area contributed by atoms with Crippen molar-refractivity contribution >= 4 is 0 Å². The number of morpholine rings is 1. The second kappa shape index (κ2) is 2.89. The van der Waals surface area contributed by atoms with Gasteiger partial charge in [0.05, 0.1) is 12.7 Å². The van der Waals surface area contributed by atoms with Crippen LogP contribution in [0.2, 0.25) is 0 Å². The van der Waals surface area contributed by atoms with Gasteiger partial charge >= 0.3 is 0 Å². The fourth-order valence-corrected chi connectivity index (χ4v) is 1.54. The lowest BCUT2D eigenvalue weighted by atomic mass is 10.0. The number of rotatable bonds is 0. The maximum atomic E-state index is 5.39. The molecule has 2 atom stereocenters. The molecule has 0 saturated carbocycles. The van der Waals surface area contributed by atoms with Crippen molar-refractivity contribution in [1.29, 1.82) is 0 Å². The number of hydrogen-bond acceptors (Lipinski definition) is 2. The molecular weight excluding hydrogens is 126 g/mol. The standard InChI is InChI=1S/C6H11NO.C2H6/c1-6-2-5(3-7-6)8-4-6;1-2/h5,7H,2-4H2,1H3;1-2H3/t5?,6-;/m0./s1. The van der Waals surface area contributed by atoms with Crippen LogP contribution in [0, 0.1) is 0 Å². The normalized spacial score (nSPS) is 42.9. The van der Waals surface area contributed by atoms with Gasteiger partial charge in [-0.1, -0.05) is 13.8 Å². The number of fused-ring (bicyclic) bond motifs is 2. The van der Waals surface area contributed by atoms with Crippen molar-refractivity contribution < 1.29 is 4.74 Å². The number of hydrogen-bond donors (Lipinski definition) is 1. The summed E-state index contributed by atoms with van der Waals surface area (Å²) in [5.74, 6) is 0. The van der Waals surface area contributed by atoms with Gasteiger partial charge in [0, 0.05) is 12.1 Å². The molecule has 1 unspecified atom stereocenters. The van der Waals surface area contributed by atoms with Crippen LogP contribution < -0.4 is 5.32 Å². The Morgan fingerprint density at radius 2 is 2.20 bits per heavy atom. The third-order valence-corrected chi connectivity index (χ3v) is 2.07. The Hall–Kier alpha value is -0.0800. The number of nitrogens with one attached hydrogen (secondary N) is 1. The van der Waals surface area contributed by atoms with Crippen molar-refractivity contribution in [3.8, 4) is 0 Å². The van der Waals surface area contributed by atoms with Crippen LogP contribution in [-0.2, 0) is 4.74 Å². The summed E-state index contributed by atoms with van der Waals surface area (Å²) < 4.78 is 5.39. The summed E-state index contributed by atoms with van der Waals surface area (Å²) in [4.78, 5) is 0. The van der Waals surface area contributed by atoms with Gasteiger partial charge in [0.1, 0.15) is 0 Å². The average molecular weight is 143 g/mol. The Morgan fingerprint density at radius 3 is 2.30 bits per heavy atom. The van der Waals surface area contributed by atoms with Crippen LogP contribution in [0.4, 0.5) is 0 Å².